The zero-order chi connectivity index (χ0) is 11.7. The summed E-state index contributed by atoms with van der Waals surface area (Å²) < 4.78 is 4.98. The van der Waals surface area contributed by atoms with Crippen LogP contribution in [0.15, 0.2) is 23.2 Å². The molecule has 1 aliphatic heterocycles. The molecule has 0 aromatic heterocycles. The summed E-state index contributed by atoms with van der Waals surface area (Å²) in [5.74, 6) is -0.853. The second-order valence-corrected chi connectivity index (χ2v) is 3.35. The number of carboxylic acid groups (broad SMARTS) is 1. The number of fused-ring (bicyclic) bond motifs is 1. The number of benzene rings is 1. The van der Waals surface area contributed by atoms with E-state index >= 15 is 0 Å². The van der Waals surface area contributed by atoms with Gasteiger partial charge in [-0.2, -0.15) is 0 Å². The zero-order valence-corrected chi connectivity index (χ0v) is 8.56. The first-order chi connectivity index (χ1) is 7.61. The van der Waals surface area contributed by atoms with E-state index < -0.39 is 5.97 Å². The number of carboxylic acids is 1. The van der Waals surface area contributed by atoms with Crippen LogP contribution in [-0.2, 0) is 4.79 Å². The number of ether oxygens (including phenoxy) is 1. The smallest absolute Gasteiger partial charge is 0.350 e. The van der Waals surface area contributed by atoms with E-state index in [1.165, 1.54) is 7.11 Å². The zero-order valence-electron chi connectivity index (χ0n) is 8.56. The molecule has 1 aromatic rings. The number of aliphatic imine (C=N–C) groups is 1. The van der Waals surface area contributed by atoms with Crippen LogP contribution in [0.5, 0.6) is 5.75 Å². The van der Waals surface area contributed by atoms with E-state index in [1.807, 2.05) is 0 Å². The lowest BCUT2D eigenvalue weighted by Crippen LogP contribution is -2.20. The van der Waals surface area contributed by atoms with Gasteiger partial charge in [0, 0.05) is 11.6 Å². The number of hydrogen-bond acceptors (Lipinski definition) is 4. The molecule has 5 heteroatoms. The molecule has 0 bridgehead atoms. The summed E-state index contributed by atoms with van der Waals surface area (Å²) in [7, 11) is 1.49. The third kappa shape index (κ3) is 1.67. The van der Waals surface area contributed by atoms with Crippen LogP contribution in [0.25, 0.3) is 0 Å². The Labute approximate surface area is 91.4 Å². The molecule has 1 aliphatic rings. The van der Waals surface area contributed by atoms with Crippen LogP contribution < -0.4 is 4.74 Å². The Kier molecular flexibility index (Phi) is 2.44. The minimum Gasteiger partial charge on any atom is -0.497 e. The van der Waals surface area contributed by atoms with Crippen LogP contribution in [0.1, 0.15) is 16.8 Å². The van der Waals surface area contributed by atoms with E-state index in [4.69, 9.17) is 9.84 Å². The van der Waals surface area contributed by atoms with Gasteiger partial charge in [-0.05, 0) is 12.1 Å². The Hall–Kier alpha value is -2.17. The van der Waals surface area contributed by atoms with Crippen molar-refractivity contribution < 1.29 is 19.4 Å². The average molecular weight is 219 g/mol. The third-order valence-corrected chi connectivity index (χ3v) is 2.34. The van der Waals surface area contributed by atoms with Crippen LogP contribution in [0.2, 0.25) is 0 Å². The van der Waals surface area contributed by atoms with Gasteiger partial charge in [-0.1, -0.05) is 0 Å². The monoisotopic (exact) mass is 219 g/mol. The van der Waals surface area contributed by atoms with Crippen LogP contribution >= 0.6 is 0 Å². The molecule has 1 aromatic carbocycles. The maximum Gasteiger partial charge on any atom is 0.350 e. The molecule has 0 saturated carbocycles. The van der Waals surface area contributed by atoms with Crippen molar-refractivity contribution >= 4 is 23.2 Å². The van der Waals surface area contributed by atoms with Crippen molar-refractivity contribution in [1.29, 1.82) is 0 Å². The molecule has 1 heterocycles. The number of ketones is 1. The highest BCUT2D eigenvalue weighted by atomic mass is 16.5. The Morgan fingerprint density at radius 1 is 1.50 bits per heavy atom. The first-order valence-electron chi connectivity index (χ1n) is 4.64. The highest BCUT2D eigenvalue weighted by Gasteiger charge is 2.24. The van der Waals surface area contributed by atoms with Crippen molar-refractivity contribution in [2.75, 3.05) is 7.11 Å². The molecule has 0 unspecified atom stereocenters. The van der Waals surface area contributed by atoms with Crippen molar-refractivity contribution in [3.05, 3.63) is 23.8 Å². The molecule has 0 amide bonds. The minimum absolute atomic E-state index is 0.134. The number of rotatable bonds is 2. The van der Waals surface area contributed by atoms with Crippen LogP contribution in [-0.4, -0.2) is 29.7 Å². The molecule has 16 heavy (non-hydrogen) atoms. The lowest BCUT2D eigenvalue weighted by atomic mass is 10.00. The maximum absolute atomic E-state index is 11.6. The fourth-order valence-corrected chi connectivity index (χ4v) is 1.52. The predicted octanol–water partition coefficient (Wildman–Crippen LogP) is 1.44. The van der Waals surface area contributed by atoms with Gasteiger partial charge in [0.05, 0.1) is 19.2 Å². The molecule has 0 fully saturated rings. The standard InChI is InChI=1S/C11H9NO4/c1-16-6-2-3-7-8(4-6)12-9(11(14)15)5-10(7)13/h2-4H,5H2,1H3,(H,14,15). The largest absolute Gasteiger partial charge is 0.497 e. The highest BCUT2D eigenvalue weighted by molar-refractivity contribution is 6.42. The number of aliphatic carboxylic acids is 1. The van der Waals surface area contributed by atoms with E-state index in [0.29, 0.717) is 17.0 Å². The van der Waals surface area contributed by atoms with Gasteiger partial charge in [0.2, 0.25) is 0 Å². The molecule has 82 valence electrons. The van der Waals surface area contributed by atoms with Gasteiger partial charge in [-0.15, -0.1) is 0 Å². The lowest BCUT2D eigenvalue weighted by molar-refractivity contribution is -0.129. The second kappa shape index (κ2) is 3.77. The quantitative estimate of drug-likeness (QED) is 0.816. The van der Waals surface area contributed by atoms with Crippen LogP contribution in [0.3, 0.4) is 0 Å². The highest BCUT2D eigenvalue weighted by Crippen LogP contribution is 2.29. The van der Waals surface area contributed by atoms with Gasteiger partial charge in [-0.25, -0.2) is 9.79 Å². The maximum atomic E-state index is 11.6. The summed E-state index contributed by atoms with van der Waals surface area (Å²) in [5.41, 5.74) is 0.657. The summed E-state index contributed by atoms with van der Waals surface area (Å²) in [6.07, 6.45) is -0.158. The molecule has 0 radical (unpaired) electrons. The van der Waals surface area contributed by atoms with Crippen molar-refractivity contribution in [3.8, 4) is 5.75 Å². The molecular weight excluding hydrogens is 210 g/mol. The van der Waals surface area contributed by atoms with Gasteiger partial charge in [-0.3, -0.25) is 4.79 Å². The number of methoxy groups -OCH3 is 1. The number of carbonyl (C=O) groups excluding carboxylic acids is 1. The summed E-state index contributed by atoms with van der Waals surface area (Å²) >= 11 is 0. The number of hydrogen-bond donors (Lipinski definition) is 1. The first-order valence-corrected chi connectivity index (χ1v) is 4.64. The molecular formula is C11H9NO4. The fraction of sp³-hybridized carbons (Fsp3) is 0.182. The van der Waals surface area contributed by atoms with E-state index in [1.54, 1.807) is 18.2 Å². The number of carbonyl (C=O) groups is 2. The van der Waals surface area contributed by atoms with E-state index in [9.17, 15) is 9.59 Å². The SMILES string of the molecule is COc1ccc2c(c1)N=C(C(=O)O)CC2=O. The van der Waals surface area contributed by atoms with E-state index in [-0.39, 0.29) is 17.9 Å². The molecule has 2 rings (SSSR count). The van der Waals surface area contributed by atoms with Gasteiger partial charge < -0.3 is 9.84 Å². The molecule has 0 aliphatic carbocycles. The minimum atomic E-state index is -1.16. The predicted molar refractivity (Wildman–Crippen MR) is 56.7 cm³/mol. The van der Waals surface area contributed by atoms with Crippen molar-refractivity contribution in [1.82, 2.24) is 0 Å². The van der Waals surface area contributed by atoms with Gasteiger partial charge in [0.1, 0.15) is 11.5 Å². The molecule has 0 saturated heterocycles. The lowest BCUT2D eigenvalue weighted by Gasteiger charge is -2.12. The molecule has 0 spiro atoms. The number of Topliss-reactive ketones (excluding diaryl/α,β-unsaturated/α-hetero) is 1. The average Bonchev–Trinajstić information content (AvgIpc) is 2.28. The Bertz CT molecular complexity index is 505. The van der Waals surface area contributed by atoms with Crippen molar-refractivity contribution in [3.63, 3.8) is 0 Å². The molecule has 1 N–H and O–H groups in total. The van der Waals surface area contributed by atoms with E-state index in [2.05, 4.69) is 4.99 Å². The van der Waals surface area contributed by atoms with Gasteiger partial charge in [0.25, 0.3) is 0 Å². The Morgan fingerprint density at radius 3 is 2.88 bits per heavy atom. The summed E-state index contributed by atoms with van der Waals surface area (Å²) in [4.78, 5) is 26.3. The molecule has 5 nitrogen and oxygen atoms in total. The Balaban J connectivity index is 2.54. The first kappa shape index (κ1) is 10.4. The Morgan fingerprint density at radius 2 is 2.25 bits per heavy atom. The summed E-state index contributed by atoms with van der Waals surface area (Å²) in [6, 6.07) is 4.80. The van der Waals surface area contributed by atoms with Crippen LogP contribution in [0.4, 0.5) is 5.69 Å². The fourth-order valence-electron chi connectivity index (χ4n) is 1.52. The van der Waals surface area contributed by atoms with E-state index in [0.717, 1.165) is 0 Å². The normalized spacial score (nSPS) is 14.1. The van der Waals surface area contributed by atoms with Crippen LogP contribution in [0, 0.1) is 0 Å². The topological polar surface area (TPSA) is 76.0 Å². The summed E-state index contributed by atoms with van der Waals surface area (Å²) in [5, 5.41) is 8.79. The second-order valence-electron chi connectivity index (χ2n) is 3.35. The van der Waals surface area contributed by atoms with Gasteiger partial charge >= 0.3 is 5.97 Å². The van der Waals surface area contributed by atoms with Crippen molar-refractivity contribution in [2.45, 2.75) is 6.42 Å². The van der Waals surface area contributed by atoms with Crippen molar-refractivity contribution in [2.24, 2.45) is 4.99 Å². The third-order valence-electron chi connectivity index (χ3n) is 2.34. The number of nitrogens with zero attached hydrogens (tertiary/aromatic N) is 1. The van der Waals surface area contributed by atoms with Gasteiger partial charge in [0.15, 0.2) is 5.78 Å². The summed E-state index contributed by atoms with van der Waals surface area (Å²) in [6.45, 7) is 0. The molecule has 0 atom stereocenters.